The fourth-order valence-corrected chi connectivity index (χ4v) is 1.96. The van der Waals surface area contributed by atoms with Crippen molar-refractivity contribution in [1.29, 1.82) is 0 Å². The van der Waals surface area contributed by atoms with E-state index in [2.05, 4.69) is 26.0 Å². The first-order valence-corrected chi connectivity index (χ1v) is 5.23. The fraction of sp³-hybridized carbons (Fsp3) is 0.667. The molecule has 0 atom stereocenters. The average Bonchev–Trinajstić information content (AvgIpc) is 2.05. The Morgan fingerprint density at radius 1 is 0.917 bits per heavy atom. The highest BCUT2D eigenvalue weighted by molar-refractivity contribution is 5.16. The van der Waals surface area contributed by atoms with Gasteiger partial charge < -0.3 is 0 Å². The van der Waals surface area contributed by atoms with Gasteiger partial charge in [-0.15, -0.1) is 0 Å². The Balaban J connectivity index is 2.67. The van der Waals surface area contributed by atoms with Crippen LogP contribution in [0.15, 0.2) is 23.3 Å². The van der Waals surface area contributed by atoms with Gasteiger partial charge in [-0.2, -0.15) is 0 Å². The van der Waals surface area contributed by atoms with E-state index in [0.29, 0.717) is 0 Å². The molecular weight excluding hydrogens is 144 g/mol. The van der Waals surface area contributed by atoms with E-state index in [1.165, 1.54) is 38.5 Å². The molecule has 0 aromatic carbocycles. The van der Waals surface area contributed by atoms with Crippen LogP contribution in [0.25, 0.3) is 0 Å². The van der Waals surface area contributed by atoms with Crippen LogP contribution in [-0.4, -0.2) is 0 Å². The lowest BCUT2D eigenvalue weighted by Gasteiger charge is -2.13. The van der Waals surface area contributed by atoms with Crippen LogP contribution in [-0.2, 0) is 0 Å². The molecule has 0 aromatic rings. The maximum atomic E-state index is 2.34. The van der Waals surface area contributed by atoms with Crippen LogP contribution < -0.4 is 0 Å². The minimum Gasteiger partial charge on any atom is -0.0882 e. The summed E-state index contributed by atoms with van der Waals surface area (Å²) < 4.78 is 0. The van der Waals surface area contributed by atoms with Crippen molar-refractivity contribution in [1.82, 2.24) is 0 Å². The van der Waals surface area contributed by atoms with Crippen LogP contribution in [0, 0.1) is 0 Å². The topological polar surface area (TPSA) is 0 Å². The van der Waals surface area contributed by atoms with Gasteiger partial charge in [-0.25, -0.2) is 0 Å². The lowest BCUT2D eigenvalue weighted by Crippen LogP contribution is -1.93. The van der Waals surface area contributed by atoms with Crippen LogP contribution in [0.2, 0.25) is 0 Å². The van der Waals surface area contributed by atoms with Gasteiger partial charge in [-0.3, -0.25) is 0 Å². The van der Waals surface area contributed by atoms with E-state index in [1.54, 1.807) is 11.1 Å². The summed E-state index contributed by atoms with van der Waals surface area (Å²) in [6.07, 6.45) is 12.3. The van der Waals surface area contributed by atoms with Gasteiger partial charge in [0.05, 0.1) is 0 Å². The number of rotatable bonds is 2. The van der Waals surface area contributed by atoms with Crippen molar-refractivity contribution in [2.75, 3.05) is 0 Å². The summed E-state index contributed by atoms with van der Waals surface area (Å²) in [4.78, 5) is 0. The summed E-state index contributed by atoms with van der Waals surface area (Å²) in [5, 5.41) is 0. The maximum absolute atomic E-state index is 2.34. The molecule has 0 heterocycles. The van der Waals surface area contributed by atoms with E-state index in [-0.39, 0.29) is 0 Å². The molecule has 0 aromatic heterocycles. The first-order valence-electron chi connectivity index (χ1n) is 5.23. The third-order valence-electron chi connectivity index (χ3n) is 2.75. The zero-order valence-corrected chi connectivity index (χ0v) is 8.40. The van der Waals surface area contributed by atoms with E-state index in [0.717, 1.165) is 0 Å². The van der Waals surface area contributed by atoms with Crippen molar-refractivity contribution < 1.29 is 0 Å². The fourth-order valence-electron chi connectivity index (χ4n) is 1.96. The molecule has 0 N–H and O–H groups in total. The Morgan fingerprint density at radius 3 is 1.67 bits per heavy atom. The summed E-state index contributed by atoms with van der Waals surface area (Å²) >= 11 is 0. The van der Waals surface area contributed by atoms with Gasteiger partial charge in [0.1, 0.15) is 0 Å². The van der Waals surface area contributed by atoms with Gasteiger partial charge in [0.2, 0.25) is 0 Å². The second kappa shape index (κ2) is 5.18. The van der Waals surface area contributed by atoms with Crippen molar-refractivity contribution >= 4 is 0 Å². The van der Waals surface area contributed by atoms with Gasteiger partial charge >= 0.3 is 0 Å². The van der Waals surface area contributed by atoms with Gasteiger partial charge in [0.25, 0.3) is 0 Å². The second-order valence-corrected chi connectivity index (χ2v) is 3.46. The standard InChI is InChI=1S/C12H20/c1-3-11-9-7-5-6-8-10-12(11)4-2/h5-6H,3-4,7-10H2,1-2H3. The largest absolute Gasteiger partial charge is 0.0882 e. The number of allylic oxidation sites excluding steroid dienone is 4. The predicted molar refractivity (Wildman–Crippen MR) is 55.2 cm³/mol. The highest BCUT2D eigenvalue weighted by atomic mass is 14.1. The summed E-state index contributed by atoms with van der Waals surface area (Å²) in [6.45, 7) is 4.58. The van der Waals surface area contributed by atoms with Gasteiger partial charge in [0, 0.05) is 0 Å². The van der Waals surface area contributed by atoms with Crippen LogP contribution >= 0.6 is 0 Å². The smallest absolute Gasteiger partial charge is 0.0283 e. The molecule has 1 aliphatic rings. The first-order chi connectivity index (χ1) is 5.88. The molecule has 0 aliphatic heterocycles. The Morgan fingerprint density at radius 2 is 1.33 bits per heavy atom. The molecule has 0 heteroatoms. The van der Waals surface area contributed by atoms with Crippen molar-refractivity contribution in [3.8, 4) is 0 Å². The lowest BCUT2D eigenvalue weighted by atomic mass is 9.93. The van der Waals surface area contributed by atoms with Crippen LogP contribution in [0.3, 0.4) is 0 Å². The summed E-state index contributed by atoms with van der Waals surface area (Å²) in [5.74, 6) is 0. The third-order valence-corrected chi connectivity index (χ3v) is 2.75. The Kier molecular flexibility index (Phi) is 4.13. The van der Waals surface area contributed by atoms with Gasteiger partial charge in [0.15, 0.2) is 0 Å². The molecule has 0 nitrogen and oxygen atoms in total. The monoisotopic (exact) mass is 164 g/mol. The Hall–Kier alpha value is -0.520. The average molecular weight is 164 g/mol. The van der Waals surface area contributed by atoms with Crippen molar-refractivity contribution in [3.05, 3.63) is 23.3 Å². The summed E-state index contributed by atoms with van der Waals surface area (Å²) in [6, 6.07) is 0. The predicted octanol–water partition coefficient (Wildman–Crippen LogP) is 4.23. The van der Waals surface area contributed by atoms with Gasteiger partial charge in [-0.05, 0) is 38.5 Å². The van der Waals surface area contributed by atoms with Crippen molar-refractivity contribution in [3.63, 3.8) is 0 Å². The van der Waals surface area contributed by atoms with E-state index >= 15 is 0 Å². The molecule has 0 unspecified atom stereocenters. The Labute approximate surface area is 76.4 Å². The Bertz CT molecular complexity index is 164. The quantitative estimate of drug-likeness (QED) is 0.536. The summed E-state index contributed by atoms with van der Waals surface area (Å²) in [7, 11) is 0. The molecule has 12 heavy (non-hydrogen) atoms. The number of hydrogen-bond acceptors (Lipinski definition) is 0. The molecule has 1 aliphatic carbocycles. The molecule has 0 fully saturated rings. The van der Waals surface area contributed by atoms with Crippen LogP contribution in [0.1, 0.15) is 52.4 Å². The van der Waals surface area contributed by atoms with E-state index in [1.807, 2.05) is 0 Å². The molecule has 0 spiro atoms. The normalized spacial score (nSPS) is 19.2. The van der Waals surface area contributed by atoms with E-state index in [4.69, 9.17) is 0 Å². The summed E-state index contributed by atoms with van der Waals surface area (Å²) in [5.41, 5.74) is 3.45. The zero-order valence-electron chi connectivity index (χ0n) is 8.40. The molecule has 0 radical (unpaired) electrons. The third kappa shape index (κ3) is 2.51. The first kappa shape index (κ1) is 9.57. The van der Waals surface area contributed by atoms with Crippen LogP contribution in [0.4, 0.5) is 0 Å². The molecule has 68 valence electrons. The lowest BCUT2D eigenvalue weighted by molar-refractivity contribution is 0.793. The highest BCUT2D eigenvalue weighted by Crippen LogP contribution is 2.24. The molecule has 1 rings (SSSR count). The van der Waals surface area contributed by atoms with Crippen LogP contribution in [0.5, 0.6) is 0 Å². The molecule has 0 saturated carbocycles. The minimum atomic E-state index is 1.26. The van der Waals surface area contributed by atoms with Crippen molar-refractivity contribution in [2.24, 2.45) is 0 Å². The van der Waals surface area contributed by atoms with Crippen molar-refractivity contribution in [2.45, 2.75) is 52.4 Å². The highest BCUT2D eigenvalue weighted by Gasteiger charge is 2.04. The molecular formula is C12H20. The van der Waals surface area contributed by atoms with E-state index in [9.17, 15) is 0 Å². The van der Waals surface area contributed by atoms with E-state index < -0.39 is 0 Å². The number of hydrogen-bond donors (Lipinski definition) is 0. The molecule has 0 bridgehead atoms. The van der Waals surface area contributed by atoms with Gasteiger partial charge in [-0.1, -0.05) is 37.1 Å². The maximum Gasteiger partial charge on any atom is -0.0283 e. The second-order valence-electron chi connectivity index (χ2n) is 3.46. The molecule has 0 amide bonds. The minimum absolute atomic E-state index is 1.26. The SMILES string of the molecule is CCC1=C(CC)CCC=CCC1. The zero-order chi connectivity index (χ0) is 8.81. The molecule has 0 saturated heterocycles.